The van der Waals surface area contributed by atoms with Crippen molar-refractivity contribution in [1.82, 2.24) is 10.2 Å². The molecule has 4 aromatic rings. The van der Waals surface area contributed by atoms with E-state index >= 15 is 0 Å². The topological polar surface area (TPSA) is 127 Å². The third-order valence-electron chi connectivity index (χ3n) is 6.32. The zero-order valence-corrected chi connectivity index (χ0v) is 21.7. The minimum absolute atomic E-state index is 0.0234. The number of methoxy groups -OCH3 is 1. The van der Waals surface area contributed by atoms with E-state index in [1.165, 1.54) is 25.3 Å². The highest BCUT2D eigenvalue weighted by molar-refractivity contribution is 6.14. The van der Waals surface area contributed by atoms with E-state index in [1.54, 1.807) is 12.1 Å². The number of anilines is 1. The number of imide groups is 1. The van der Waals surface area contributed by atoms with Gasteiger partial charge in [-0.15, -0.1) is 0 Å². The lowest BCUT2D eigenvalue weighted by atomic mass is 10.0. The van der Waals surface area contributed by atoms with Gasteiger partial charge < -0.3 is 24.5 Å². The molecule has 1 aliphatic heterocycles. The van der Waals surface area contributed by atoms with E-state index in [-0.39, 0.29) is 36.3 Å². The molecule has 0 unspecified atom stereocenters. The number of esters is 1. The van der Waals surface area contributed by atoms with Crippen molar-refractivity contribution in [3.63, 3.8) is 0 Å². The number of benzene rings is 3. The summed E-state index contributed by atoms with van der Waals surface area (Å²) in [6.07, 6.45) is 1.53. The van der Waals surface area contributed by atoms with Gasteiger partial charge in [0.2, 0.25) is 5.76 Å². The van der Waals surface area contributed by atoms with Crippen LogP contribution in [0.15, 0.2) is 82.9 Å². The average molecular weight is 540 g/mol. The number of carbonyl (C=O) groups excluding carboxylic acids is 4. The summed E-state index contributed by atoms with van der Waals surface area (Å²) >= 11 is 0. The lowest BCUT2D eigenvalue weighted by molar-refractivity contribution is -0.123. The second-order valence-corrected chi connectivity index (χ2v) is 8.99. The number of aryl methyl sites for hydroxylation is 1. The number of nitrogens with zero attached hydrogens (tertiary/aromatic N) is 1. The molecule has 0 aliphatic carbocycles. The van der Waals surface area contributed by atoms with Gasteiger partial charge in [-0.1, -0.05) is 48.5 Å². The number of urea groups is 1. The third kappa shape index (κ3) is 5.41. The van der Waals surface area contributed by atoms with E-state index in [1.807, 2.05) is 55.5 Å². The molecule has 3 aromatic carbocycles. The maximum atomic E-state index is 13.2. The number of nitrogens with one attached hydrogen (secondary N) is 2. The van der Waals surface area contributed by atoms with Crippen molar-refractivity contribution in [1.29, 1.82) is 0 Å². The molecule has 5 rings (SSSR count). The van der Waals surface area contributed by atoms with E-state index in [0.29, 0.717) is 17.0 Å². The smallest absolute Gasteiger partial charge is 0.373 e. The van der Waals surface area contributed by atoms with Crippen LogP contribution in [-0.4, -0.2) is 42.4 Å². The molecule has 0 atom stereocenters. The van der Waals surface area contributed by atoms with Crippen LogP contribution in [0.2, 0.25) is 0 Å². The van der Waals surface area contributed by atoms with Crippen molar-refractivity contribution in [3.05, 3.63) is 101 Å². The molecule has 202 valence electrons. The molecule has 0 spiro atoms. The minimum Gasteiger partial charge on any atom is -0.483 e. The first-order valence-corrected chi connectivity index (χ1v) is 12.4. The molecule has 1 saturated heterocycles. The van der Waals surface area contributed by atoms with Gasteiger partial charge in [-0.2, -0.15) is 0 Å². The van der Waals surface area contributed by atoms with Gasteiger partial charge in [0.25, 0.3) is 11.8 Å². The number of hydrogen-bond acceptors (Lipinski definition) is 7. The number of para-hydroxylation sites is 1. The van der Waals surface area contributed by atoms with Gasteiger partial charge in [-0.25, -0.2) is 9.59 Å². The largest absolute Gasteiger partial charge is 0.483 e. The van der Waals surface area contributed by atoms with E-state index in [0.717, 1.165) is 21.2 Å². The second kappa shape index (κ2) is 11.2. The predicted molar refractivity (Wildman–Crippen MR) is 146 cm³/mol. The Morgan fingerprint density at radius 3 is 2.58 bits per heavy atom. The van der Waals surface area contributed by atoms with Crippen LogP contribution in [0.4, 0.5) is 10.5 Å². The SMILES string of the molecule is COC(=O)c1ccc(CN2C(=O)N/C(=C\c3c(OCC(=O)Nc4ccccc4C)ccc4ccccc34)C2=O)o1. The van der Waals surface area contributed by atoms with Crippen molar-refractivity contribution in [3.8, 4) is 5.75 Å². The fraction of sp³-hybridized carbons (Fsp3) is 0.133. The van der Waals surface area contributed by atoms with E-state index in [2.05, 4.69) is 15.4 Å². The lowest BCUT2D eigenvalue weighted by Crippen LogP contribution is -2.30. The number of ether oxygens (including phenoxy) is 2. The summed E-state index contributed by atoms with van der Waals surface area (Å²) in [7, 11) is 1.22. The van der Waals surface area contributed by atoms with Crippen molar-refractivity contribution >= 4 is 46.4 Å². The predicted octanol–water partition coefficient (Wildman–Crippen LogP) is 4.64. The van der Waals surface area contributed by atoms with Crippen molar-refractivity contribution in [2.75, 3.05) is 19.0 Å². The van der Waals surface area contributed by atoms with Crippen LogP contribution < -0.4 is 15.4 Å². The Kier molecular flexibility index (Phi) is 7.32. The Morgan fingerprint density at radius 1 is 1.00 bits per heavy atom. The lowest BCUT2D eigenvalue weighted by Gasteiger charge is -2.13. The highest BCUT2D eigenvalue weighted by atomic mass is 16.5. The highest BCUT2D eigenvalue weighted by Crippen LogP contribution is 2.31. The van der Waals surface area contributed by atoms with Crippen LogP contribution in [0, 0.1) is 6.92 Å². The Hall–Kier alpha value is -5.38. The standard InChI is InChI=1S/C30H25N3O7/c1-18-7-3-6-10-23(18)31-27(34)17-39-25-13-11-19-8-4-5-9-21(19)22(25)15-24-28(35)33(30(37)32-24)16-20-12-14-26(40-20)29(36)38-2/h3-15H,16-17H2,1-2H3,(H,31,34)(H,32,37)/b24-15-. The van der Waals surface area contributed by atoms with Gasteiger partial charge in [-0.3, -0.25) is 14.5 Å². The van der Waals surface area contributed by atoms with Crippen LogP contribution in [0.5, 0.6) is 5.75 Å². The van der Waals surface area contributed by atoms with Crippen LogP contribution in [0.1, 0.15) is 27.4 Å². The zero-order chi connectivity index (χ0) is 28.2. The number of hydrogen-bond donors (Lipinski definition) is 2. The first-order valence-electron chi connectivity index (χ1n) is 12.4. The Morgan fingerprint density at radius 2 is 1.77 bits per heavy atom. The molecule has 0 radical (unpaired) electrons. The highest BCUT2D eigenvalue weighted by Gasteiger charge is 2.34. The molecule has 4 amide bonds. The first-order chi connectivity index (χ1) is 19.3. The molecule has 10 nitrogen and oxygen atoms in total. The van der Waals surface area contributed by atoms with Crippen LogP contribution in [-0.2, 0) is 20.9 Å². The molecule has 40 heavy (non-hydrogen) atoms. The minimum atomic E-state index is -0.667. The fourth-order valence-electron chi connectivity index (χ4n) is 4.28. The molecule has 2 N–H and O–H groups in total. The molecular weight excluding hydrogens is 514 g/mol. The summed E-state index contributed by atoms with van der Waals surface area (Å²) in [6, 6.07) is 20.7. The molecule has 1 aliphatic rings. The number of rotatable bonds is 8. The van der Waals surface area contributed by atoms with Gasteiger partial charge in [0.15, 0.2) is 6.61 Å². The van der Waals surface area contributed by atoms with Crippen molar-refractivity contribution in [2.45, 2.75) is 13.5 Å². The number of carbonyl (C=O) groups is 4. The maximum Gasteiger partial charge on any atom is 0.373 e. The summed E-state index contributed by atoms with van der Waals surface area (Å²) in [5.41, 5.74) is 2.16. The summed E-state index contributed by atoms with van der Waals surface area (Å²) in [4.78, 5) is 51.2. The van der Waals surface area contributed by atoms with Crippen LogP contribution >= 0.6 is 0 Å². The fourth-order valence-corrected chi connectivity index (χ4v) is 4.28. The maximum absolute atomic E-state index is 13.2. The van der Waals surface area contributed by atoms with Gasteiger partial charge in [0.05, 0.1) is 13.7 Å². The molecule has 2 heterocycles. The first kappa shape index (κ1) is 26.2. The normalized spacial score (nSPS) is 13.9. The van der Waals surface area contributed by atoms with Crippen LogP contribution in [0.3, 0.4) is 0 Å². The summed E-state index contributed by atoms with van der Waals surface area (Å²) in [5, 5.41) is 7.06. The molecule has 0 bridgehead atoms. The molecule has 0 saturated carbocycles. The van der Waals surface area contributed by atoms with Crippen molar-refractivity contribution < 1.29 is 33.1 Å². The zero-order valence-electron chi connectivity index (χ0n) is 21.7. The van der Waals surface area contributed by atoms with Gasteiger partial charge in [-0.05, 0) is 53.6 Å². The summed E-state index contributed by atoms with van der Waals surface area (Å²) < 4.78 is 15.9. The Bertz CT molecular complexity index is 1670. The van der Waals surface area contributed by atoms with Gasteiger partial charge in [0, 0.05) is 11.3 Å². The molecule has 1 fully saturated rings. The van der Waals surface area contributed by atoms with Gasteiger partial charge in [0.1, 0.15) is 17.2 Å². The van der Waals surface area contributed by atoms with E-state index < -0.39 is 17.9 Å². The molecule has 10 heteroatoms. The summed E-state index contributed by atoms with van der Waals surface area (Å²) in [5.74, 6) is -1.04. The molecular formula is C30H25N3O7. The Balaban J connectivity index is 1.39. The van der Waals surface area contributed by atoms with E-state index in [9.17, 15) is 19.2 Å². The quantitative estimate of drug-likeness (QED) is 0.190. The average Bonchev–Trinajstić information content (AvgIpc) is 3.53. The second-order valence-electron chi connectivity index (χ2n) is 8.99. The van der Waals surface area contributed by atoms with Gasteiger partial charge >= 0.3 is 12.0 Å². The number of fused-ring (bicyclic) bond motifs is 1. The third-order valence-corrected chi connectivity index (χ3v) is 6.32. The van der Waals surface area contributed by atoms with E-state index in [4.69, 9.17) is 9.15 Å². The molecule has 1 aromatic heterocycles. The number of furan rings is 1. The Labute approximate surface area is 229 Å². The number of amides is 4. The monoisotopic (exact) mass is 539 g/mol. The van der Waals surface area contributed by atoms with Crippen LogP contribution in [0.25, 0.3) is 16.8 Å². The van der Waals surface area contributed by atoms with Crippen molar-refractivity contribution in [2.24, 2.45) is 0 Å². The summed E-state index contributed by atoms with van der Waals surface area (Å²) in [6.45, 7) is 1.44.